The second-order valence-electron chi connectivity index (χ2n) is 7.50. The standard InChI is InChI=1S/C18H25N5O2S/c1-5-11(8-24)19-7-14-21-16-15-12-6-18(3,4)25-9-13(12)26-17(15)20-10(2)23(16)22-14/h11,19,24H,5-9H2,1-4H3. The van der Waals surface area contributed by atoms with Crippen molar-refractivity contribution in [1.29, 1.82) is 0 Å². The van der Waals surface area contributed by atoms with Crippen molar-refractivity contribution in [3.8, 4) is 0 Å². The molecule has 140 valence electrons. The van der Waals surface area contributed by atoms with Gasteiger partial charge in [-0.2, -0.15) is 4.52 Å². The Kier molecular flexibility index (Phi) is 4.46. The van der Waals surface area contributed by atoms with Gasteiger partial charge in [0.15, 0.2) is 11.5 Å². The Balaban J connectivity index is 1.80. The van der Waals surface area contributed by atoms with Crippen molar-refractivity contribution in [3.63, 3.8) is 0 Å². The van der Waals surface area contributed by atoms with Crippen molar-refractivity contribution in [2.45, 2.75) is 65.3 Å². The molecule has 0 fully saturated rings. The van der Waals surface area contributed by atoms with Gasteiger partial charge in [0.05, 0.1) is 30.7 Å². The van der Waals surface area contributed by atoms with Gasteiger partial charge in [0.1, 0.15) is 10.7 Å². The van der Waals surface area contributed by atoms with Crippen LogP contribution >= 0.6 is 11.3 Å². The van der Waals surface area contributed by atoms with E-state index in [9.17, 15) is 5.11 Å². The molecule has 4 rings (SSSR count). The van der Waals surface area contributed by atoms with Gasteiger partial charge in [0.25, 0.3) is 0 Å². The number of ether oxygens (including phenoxy) is 1. The number of nitrogens with zero attached hydrogens (tertiary/aromatic N) is 4. The van der Waals surface area contributed by atoms with E-state index in [0.717, 1.165) is 40.4 Å². The first-order chi connectivity index (χ1) is 12.4. The topological polar surface area (TPSA) is 84.6 Å². The summed E-state index contributed by atoms with van der Waals surface area (Å²) in [6.45, 7) is 9.52. The Morgan fingerprint density at radius 2 is 2.19 bits per heavy atom. The lowest BCUT2D eigenvalue weighted by Crippen LogP contribution is -2.31. The first-order valence-electron chi connectivity index (χ1n) is 9.06. The van der Waals surface area contributed by atoms with Crippen molar-refractivity contribution in [2.75, 3.05) is 6.61 Å². The van der Waals surface area contributed by atoms with Crippen LogP contribution in [0.5, 0.6) is 0 Å². The van der Waals surface area contributed by atoms with Crippen LogP contribution in [0, 0.1) is 6.92 Å². The molecule has 0 spiro atoms. The summed E-state index contributed by atoms with van der Waals surface area (Å²) < 4.78 is 7.81. The van der Waals surface area contributed by atoms with Crippen molar-refractivity contribution >= 4 is 27.2 Å². The van der Waals surface area contributed by atoms with Crippen molar-refractivity contribution in [1.82, 2.24) is 24.9 Å². The molecule has 1 aliphatic rings. The first kappa shape index (κ1) is 17.8. The number of thiophene rings is 1. The normalized spacial score (nSPS) is 17.7. The second-order valence-corrected chi connectivity index (χ2v) is 8.58. The number of hydrogen-bond donors (Lipinski definition) is 2. The van der Waals surface area contributed by atoms with E-state index in [1.807, 2.05) is 18.4 Å². The van der Waals surface area contributed by atoms with Crippen LogP contribution in [0.15, 0.2) is 0 Å². The molecule has 26 heavy (non-hydrogen) atoms. The molecule has 8 heteroatoms. The number of rotatable bonds is 5. The molecule has 0 radical (unpaired) electrons. The summed E-state index contributed by atoms with van der Waals surface area (Å²) in [5, 5.41) is 18.4. The van der Waals surface area contributed by atoms with Crippen LogP contribution in [0.4, 0.5) is 0 Å². The maximum Gasteiger partial charge on any atom is 0.168 e. The van der Waals surface area contributed by atoms with Crippen molar-refractivity contribution in [3.05, 3.63) is 22.1 Å². The van der Waals surface area contributed by atoms with E-state index < -0.39 is 0 Å². The van der Waals surface area contributed by atoms with Crippen LogP contribution in [0.25, 0.3) is 15.9 Å². The molecule has 3 aromatic rings. The highest BCUT2D eigenvalue weighted by Gasteiger charge is 2.31. The Bertz CT molecular complexity index is 958. The average Bonchev–Trinajstić information content (AvgIpc) is 3.16. The third-order valence-electron chi connectivity index (χ3n) is 4.98. The summed E-state index contributed by atoms with van der Waals surface area (Å²) in [4.78, 5) is 11.8. The van der Waals surface area contributed by atoms with E-state index in [0.29, 0.717) is 13.2 Å². The Morgan fingerprint density at radius 3 is 2.92 bits per heavy atom. The van der Waals surface area contributed by atoms with Crippen molar-refractivity contribution < 1.29 is 9.84 Å². The molecule has 2 N–H and O–H groups in total. The summed E-state index contributed by atoms with van der Waals surface area (Å²) >= 11 is 1.70. The second kappa shape index (κ2) is 6.53. The van der Waals surface area contributed by atoms with E-state index in [1.54, 1.807) is 11.3 Å². The molecule has 7 nitrogen and oxygen atoms in total. The van der Waals surface area contributed by atoms with E-state index in [2.05, 4.69) is 24.3 Å². The van der Waals surface area contributed by atoms with E-state index in [-0.39, 0.29) is 18.2 Å². The average molecular weight is 375 g/mol. The zero-order valence-electron chi connectivity index (χ0n) is 15.7. The molecule has 0 amide bonds. The molecule has 1 aliphatic heterocycles. The molecule has 0 saturated heterocycles. The number of aliphatic hydroxyl groups excluding tert-OH is 1. The Hall–Kier alpha value is -1.61. The molecule has 1 unspecified atom stereocenters. The molecule has 3 aromatic heterocycles. The molecular formula is C18H25N5O2S. The van der Waals surface area contributed by atoms with Gasteiger partial charge in [0, 0.05) is 17.3 Å². The Labute approximate surface area is 156 Å². The van der Waals surface area contributed by atoms with Gasteiger partial charge in [-0.3, -0.25) is 0 Å². The number of aliphatic hydroxyl groups is 1. The smallest absolute Gasteiger partial charge is 0.168 e. The molecule has 0 aliphatic carbocycles. The van der Waals surface area contributed by atoms with Gasteiger partial charge in [-0.25, -0.2) is 9.97 Å². The monoisotopic (exact) mass is 375 g/mol. The lowest BCUT2D eigenvalue weighted by atomic mass is 9.94. The summed E-state index contributed by atoms with van der Waals surface area (Å²) in [7, 11) is 0. The zero-order valence-corrected chi connectivity index (χ0v) is 16.5. The minimum atomic E-state index is -0.178. The van der Waals surface area contributed by atoms with Crippen LogP contribution < -0.4 is 5.32 Å². The molecule has 0 saturated carbocycles. The predicted octanol–water partition coefficient (Wildman–Crippen LogP) is 2.36. The van der Waals surface area contributed by atoms with E-state index >= 15 is 0 Å². The third-order valence-corrected chi connectivity index (χ3v) is 6.07. The molecule has 0 bridgehead atoms. The number of aryl methyl sites for hydroxylation is 1. The SMILES string of the molecule is CCC(CO)NCc1nc2c3c4c(sc3nc(C)n2n1)COC(C)(C)C4. The minimum Gasteiger partial charge on any atom is -0.395 e. The van der Waals surface area contributed by atoms with E-state index in [1.165, 1.54) is 10.4 Å². The highest BCUT2D eigenvalue weighted by atomic mass is 32.1. The van der Waals surface area contributed by atoms with Crippen LogP contribution in [0.2, 0.25) is 0 Å². The summed E-state index contributed by atoms with van der Waals surface area (Å²) in [6, 6.07) is 0.0627. The van der Waals surface area contributed by atoms with Gasteiger partial charge in [-0.1, -0.05) is 6.92 Å². The lowest BCUT2D eigenvalue weighted by molar-refractivity contribution is -0.0379. The van der Waals surface area contributed by atoms with Gasteiger partial charge in [-0.05, 0) is 32.8 Å². The van der Waals surface area contributed by atoms with Crippen LogP contribution in [0.3, 0.4) is 0 Å². The quantitative estimate of drug-likeness (QED) is 0.712. The van der Waals surface area contributed by atoms with Crippen LogP contribution in [0.1, 0.15) is 49.3 Å². The van der Waals surface area contributed by atoms with Gasteiger partial charge < -0.3 is 15.2 Å². The van der Waals surface area contributed by atoms with Crippen LogP contribution in [-0.2, 0) is 24.3 Å². The van der Waals surface area contributed by atoms with E-state index in [4.69, 9.17) is 14.7 Å². The predicted molar refractivity (Wildman–Crippen MR) is 101 cm³/mol. The first-order valence-corrected chi connectivity index (χ1v) is 9.88. The maximum absolute atomic E-state index is 9.35. The number of aromatic nitrogens is 4. The van der Waals surface area contributed by atoms with Gasteiger partial charge >= 0.3 is 0 Å². The largest absolute Gasteiger partial charge is 0.395 e. The number of fused-ring (bicyclic) bond motifs is 5. The highest BCUT2D eigenvalue weighted by molar-refractivity contribution is 7.19. The fourth-order valence-electron chi connectivity index (χ4n) is 3.43. The molecular weight excluding hydrogens is 350 g/mol. The fourth-order valence-corrected chi connectivity index (χ4v) is 4.58. The fraction of sp³-hybridized carbons (Fsp3) is 0.611. The maximum atomic E-state index is 9.35. The third kappa shape index (κ3) is 3.00. The zero-order chi connectivity index (χ0) is 18.5. The minimum absolute atomic E-state index is 0.0627. The molecule has 1 atom stereocenters. The number of nitrogens with one attached hydrogen (secondary N) is 1. The molecule has 4 heterocycles. The van der Waals surface area contributed by atoms with Crippen molar-refractivity contribution in [2.24, 2.45) is 0 Å². The summed E-state index contributed by atoms with van der Waals surface area (Å²) in [6.07, 6.45) is 1.72. The summed E-state index contributed by atoms with van der Waals surface area (Å²) in [5.74, 6) is 1.56. The van der Waals surface area contributed by atoms with Gasteiger partial charge in [0.2, 0.25) is 0 Å². The molecule has 0 aromatic carbocycles. The number of hydrogen-bond acceptors (Lipinski definition) is 7. The summed E-state index contributed by atoms with van der Waals surface area (Å²) in [5.41, 5.74) is 1.99. The Morgan fingerprint density at radius 1 is 1.38 bits per heavy atom. The lowest BCUT2D eigenvalue weighted by Gasteiger charge is -2.30. The van der Waals surface area contributed by atoms with Crippen LogP contribution in [-0.4, -0.2) is 42.9 Å². The highest BCUT2D eigenvalue weighted by Crippen LogP contribution is 2.39. The van der Waals surface area contributed by atoms with Gasteiger partial charge in [-0.15, -0.1) is 16.4 Å².